The molecule has 0 atom stereocenters. The molecule has 11 heteroatoms. The zero-order chi connectivity index (χ0) is 45.9. The van der Waals surface area contributed by atoms with Gasteiger partial charge in [0.2, 0.25) is 5.91 Å². The molecule has 48 heavy (non-hydrogen) atoms. The molecule has 0 radical (unpaired) electrons. The number of fused-ring (bicyclic) bond motifs is 1. The van der Waals surface area contributed by atoms with Gasteiger partial charge in [0.15, 0.2) is 5.16 Å². The standard InChI is InChI=1S/C37H40F4N4O2S/c1-4-43(5-2)19-20-44(22-29-12-11-28(21-25(29)3)27-13-15-30(16-14-27)37(39,40)41)34(46)23-45-33-8-6-7-32(33)35(47)42-36(45)48-24-26-9-17-31(38)18-10-26/h9-18,21H,4-8,19-20,22-24H2,1-3H3/i4D2,5D2,11D,12D,13D,14D,15D,16D,21D,23D2. The van der Waals surface area contributed by atoms with Gasteiger partial charge in [-0.3, -0.25) is 9.59 Å². The summed E-state index contributed by atoms with van der Waals surface area (Å²) in [4.78, 5) is 33.7. The quantitative estimate of drug-likeness (QED) is 0.0824. The lowest BCUT2D eigenvalue weighted by Crippen LogP contribution is -2.40. The fourth-order valence-electron chi connectivity index (χ4n) is 5.02. The Morgan fingerprint density at radius 2 is 1.71 bits per heavy atom. The zero-order valence-electron chi connectivity index (χ0n) is 39.3. The lowest BCUT2D eigenvalue weighted by Gasteiger charge is -2.28. The van der Waals surface area contributed by atoms with E-state index in [-0.39, 0.29) is 46.1 Å². The lowest BCUT2D eigenvalue weighted by molar-refractivity contribution is -0.137. The van der Waals surface area contributed by atoms with Gasteiger partial charge in [0.25, 0.3) is 5.56 Å². The molecule has 0 spiro atoms. The maximum absolute atomic E-state index is 14.8. The number of benzene rings is 3. The van der Waals surface area contributed by atoms with Crippen LogP contribution in [0.1, 0.15) is 71.6 Å². The van der Waals surface area contributed by atoms with Gasteiger partial charge in [0.05, 0.1) is 17.9 Å². The van der Waals surface area contributed by atoms with Crippen molar-refractivity contribution in [3.05, 3.63) is 116 Å². The van der Waals surface area contributed by atoms with Crippen molar-refractivity contribution in [2.24, 2.45) is 0 Å². The average molecular weight is 694 g/mol. The summed E-state index contributed by atoms with van der Waals surface area (Å²) in [6, 6.07) is -2.42. The highest BCUT2D eigenvalue weighted by atomic mass is 32.2. The van der Waals surface area contributed by atoms with Crippen LogP contribution in [-0.2, 0) is 42.6 Å². The number of hydrogen-bond donors (Lipinski definition) is 0. The van der Waals surface area contributed by atoms with Crippen LogP contribution in [0.15, 0.2) is 76.5 Å². The number of rotatable bonds is 13. The molecule has 3 aromatic carbocycles. The summed E-state index contributed by atoms with van der Waals surface area (Å²) in [5.41, 5.74) is -3.60. The maximum Gasteiger partial charge on any atom is 0.416 e. The highest BCUT2D eigenvalue weighted by molar-refractivity contribution is 7.98. The molecule has 1 aromatic heterocycles. The molecule has 0 aliphatic heterocycles. The zero-order valence-corrected chi connectivity index (χ0v) is 27.1. The molecule has 1 heterocycles. The van der Waals surface area contributed by atoms with Crippen molar-refractivity contribution in [2.45, 2.75) is 70.2 Å². The van der Waals surface area contributed by atoms with E-state index in [4.69, 9.17) is 15.1 Å². The molecule has 6 nitrogen and oxygen atoms in total. The summed E-state index contributed by atoms with van der Waals surface area (Å²) in [5, 5.41) is -0.204. The van der Waals surface area contributed by atoms with Crippen molar-refractivity contribution in [2.75, 3.05) is 26.1 Å². The fourth-order valence-corrected chi connectivity index (χ4v) is 5.94. The Hall–Kier alpha value is -3.96. The molecule has 0 N–H and O–H groups in total. The SMILES string of the molecule is [2H]c1c([2H])c(-c2c([2H])c([2H])c(C(F)(F)F)c([2H])c2[2H])c([2H])c(C)c1CN(CCN(C([2H])([2H])C)C([2H])([2H])C)C(=O)C([2H])([2H])n1c(SCc2ccc(F)cc2)nc(=O)c2c1CCC2. The Morgan fingerprint density at radius 1 is 1.02 bits per heavy atom. The first-order valence-electron chi connectivity index (χ1n) is 21.4. The third-order valence-corrected chi connectivity index (χ3v) is 8.64. The molecule has 1 amide bonds. The van der Waals surface area contributed by atoms with Crippen molar-refractivity contribution < 1.29 is 40.2 Å². The number of halogens is 4. The molecular formula is C37H40F4N4O2S. The summed E-state index contributed by atoms with van der Waals surface area (Å²) >= 11 is 0.898. The number of thioether (sulfide) groups is 1. The molecule has 5 rings (SSSR count). The van der Waals surface area contributed by atoms with Crippen LogP contribution in [-0.4, -0.2) is 51.3 Å². The minimum atomic E-state index is -5.29. The maximum atomic E-state index is 14.8. The van der Waals surface area contributed by atoms with E-state index in [9.17, 15) is 29.9 Å². The van der Waals surface area contributed by atoms with Crippen LogP contribution in [0.3, 0.4) is 0 Å². The normalized spacial score (nSPS) is 17.6. The Bertz CT molecular complexity index is 2370. The number of hydrogen-bond acceptors (Lipinski definition) is 5. The number of likely N-dealkylation sites (N-methyl/N-ethyl adjacent to an activating group) is 1. The van der Waals surface area contributed by atoms with Crippen molar-refractivity contribution in [3.63, 3.8) is 0 Å². The predicted octanol–water partition coefficient (Wildman–Crippen LogP) is 7.53. The van der Waals surface area contributed by atoms with Gasteiger partial charge in [-0.15, -0.1) is 0 Å². The summed E-state index contributed by atoms with van der Waals surface area (Å²) in [6.45, 7) is -6.36. The number of carbonyl (C=O) groups excluding carboxylic acids is 1. The number of carbonyl (C=O) groups is 1. The molecular weight excluding hydrogens is 640 g/mol. The van der Waals surface area contributed by atoms with Crippen LogP contribution in [0.25, 0.3) is 11.1 Å². The Morgan fingerprint density at radius 3 is 2.38 bits per heavy atom. The highest BCUT2D eigenvalue weighted by Gasteiger charge is 2.30. The van der Waals surface area contributed by atoms with Crippen LogP contribution >= 0.6 is 11.8 Å². The van der Waals surface area contributed by atoms with Crippen LogP contribution in [0, 0.1) is 12.7 Å². The Balaban J connectivity index is 1.67. The second kappa shape index (κ2) is 15.5. The van der Waals surface area contributed by atoms with Crippen molar-refractivity contribution in [1.82, 2.24) is 19.4 Å². The predicted molar refractivity (Wildman–Crippen MR) is 181 cm³/mol. The van der Waals surface area contributed by atoms with Gasteiger partial charge in [-0.05, 0) is 91.2 Å². The molecule has 0 saturated carbocycles. The van der Waals surface area contributed by atoms with Crippen molar-refractivity contribution in [1.29, 1.82) is 0 Å². The largest absolute Gasteiger partial charge is 0.416 e. The third-order valence-electron chi connectivity index (χ3n) is 7.63. The molecule has 254 valence electrons. The first-order valence-corrected chi connectivity index (χ1v) is 15.9. The van der Waals surface area contributed by atoms with E-state index < -0.39 is 122 Å². The molecule has 0 bridgehead atoms. The third kappa shape index (κ3) is 8.54. The summed E-state index contributed by atoms with van der Waals surface area (Å²) in [7, 11) is 0. The summed E-state index contributed by atoms with van der Waals surface area (Å²) < 4.78 is 167. The summed E-state index contributed by atoms with van der Waals surface area (Å²) in [6.07, 6.45) is -4.46. The van der Waals surface area contributed by atoms with Gasteiger partial charge >= 0.3 is 6.18 Å². The van der Waals surface area contributed by atoms with Gasteiger partial charge in [-0.1, -0.05) is 68.0 Å². The highest BCUT2D eigenvalue weighted by Crippen LogP contribution is 2.32. The van der Waals surface area contributed by atoms with Gasteiger partial charge in [0.1, 0.15) is 12.3 Å². The summed E-state index contributed by atoms with van der Waals surface area (Å²) in [5.74, 6) is -1.77. The molecule has 4 aromatic rings. The molecule has 1 aliphatic carbocycles. The number of alkyl halides is 3. The number of nitrogens with zero attached hydrogens (tertiary/aromatic N) is 4. The lowest BCUT2D eigenvalue weighted by atomic mass is 9.98. The average Bonchev–Trinajstić information content (AvgIpc) is 3.64. The topological polar surface area (TPSA) is 58.4 Å². The second-order valence-electron chi connectivity index (χ2n) is 10.8. The monoisotopic (exact) mass is 693 g/mol. The molecule has 0 saturated heterocycles. The second-order valence-corrected chi connectivity index (χ2v) is 11.7. The smallest absolute Gasteiger partial charge is 0.336 e. The van der Waals surface area contributed by atoms with E-state index in [1.54, 1.807) is 0 Å². The van der Waals surface area contributed by atoms with Gasteiger partial charge < -0.3 is 14.4 Å². The van der Waals surface area contributed by atoms with E-state index in [1.165, 1.54) is 31.2 Å². The molecule has 0 unspecified atom stereocenters. The fraction of sp³-hybridized carbons (Fsp3) is 0.378. The van der Waals surface area contributed by atoms with E-state index in [0.717, 1.165) is 40.0 Å². The molecule has 1 aliphatic rings. The van der Waals surface area contributed by atoms with Crippen molar-refractivity contribution >= 4 is 17.7 Å². The first-order chi connectivity index (χ1) is 28.0. The minimum absolute atomic E-state index is 0.0698. The van der Waals surface area contributed by atoms with Crippen LogP contribution in [0.2, 0.25) is 0 Å². The van der Waals surface area contributed by atoms with Gasteiger partial charge in [0, 0.05) is 42.1 Å². The van der Waals surface area contributed by atoms with E-state index >= 15 is 0 Å². The van der Waals surface area contributed by atoms with Crippen molar-refractivity contribution in [3.8, 4) is 11.1 Å². The Kier molecular flexibility index (Phi) is 7.07. The Labute approximate surface area is 301 Å². The number of aromatic nitrogens is 2. The van der Waals surface area contributed by atoms with Gasteiger partial charge in [-0.2, -0.15) is 18.2 Å². The van der Waals surface area contributed by atoms with Crippen LogP contribution in [0.5, 0.6) is 0 Å². The van der Waals surface area contributed by atoms with E-state index in [1.807, 2.05) is 0 Å². The van der Waals surface area contributed by atoms with Gasteiger partial charge in [-0.25, -0.2) is 4.39 Å². The molecule has 0 fully saturated rings. The van der Waals surface area contributed by atoms with E-state index in [0.29, 0.717) is 12.0 Å². The van der Waals surface area contributed by atoms with E-state index in [2.05, 4.69) is 4.98 Å². The minimum Gasteiger partial charge on any atom is -0.336 e. The first kappa shape index (κ1) is 21.9. The van der Waals surface area contributed by atoms with Crippen LogP contribution < -0.4 is 5.56 Å². The number of amides is 1. The van der Waals surface area contributed by atoms with Crippen LogP contribution in [0.4, 0.5) is 17.6 Å².